The number of pyridine rings is 2. The number of alkyl halides is 3. The van der Waals surface area contributed by atoms with Crippen molar-refractivity contribution in [2.45, 2.75) is 38.4 Å². The topological polar surface area (TPSA) is 86.9 Å². The quantitative estimate of drug-likeness (QED) is 0.287. The second-order valence-corrected chi connectivity index (χ2v) is 11.5. The Morgan fingerprint density at radius 1 is 0.889 bits per heavy atom. The molecule has 1 saturated heterocycles. The van der Waals surface area contributed by atoms with Crippen LogP contribution in [0.25, 0.3) is 11.2 Å². The van der Waals surface area contributed by atoms with Crippen LogP contribution in [0, 0.1) is 0 Å². The standard InChI is InChI=1S/C33H34F3N7O2/c34-33(35,36)12-9-30(44)41-15-10-26(11-16-41)28-4-2-14-43-31(28)38-29(39-43)21-24-5-7-27(8-6-24)32(45)42-19-17-40(18-20-42)23-25-3-1-13-37-22-25/h1-8,10,13-14,22H,9,11-12,15-21,23H2. The van der Waals surface area contributed by atoms with Gasteiger partial charge in [-0.1, -0.05) is 24.3 Å². The van der Waals surface area contributed by atoms with Gasteiger partial charge in [0.2, 0.25) is 5.91 Å². The Labute approximate surface area is 259 Å². The lowest BCUT2D eigenvalue weighted by Gasteiger charge is -2.34. The highest BCUT2D eigenvalue weighted by Gasteiger charge is 2.30. The summed E-state index contributed by atoms with van der Waals surface area (Å²) in [5.74, 6) is 0.170. The van der Waals surface area contributed by atoms with Gasteiger partial charge in [-0.2, -0.15) is 18.3 Å². The normalized spacial score (nSPS) is 16.2. The minimum Gasteiger partial charge on any atom is -0.339 e. The lowest BCUT2D eigenvalue weighted by Crippen LogP contribution is -2.48. The SMILES string of the molecule is O=C(CCC(F)(F)F)N1CC=C(c2cccn3nc(Cc4ccc(C(=O)N5CCN(Cc6cccnc6)CC5)cc4)nc23)CC1. The van der Waals surface area contributed by atoms with Crippen LogP contribution in [0.4, 0.5) is 13.2 Å². The van der Waals surface area contributed by atoms with Crippen molar-refractivity contribution in [3.8, 4) is 0 Å². The molecule has 0 N–H and O–H groups in total. The van der Waals surface area contributed by atoms with Gasteiger partial charge in [0.05, 0.1) is 6.42 Å². The highest BCUT2D eigenvalue weighted by molar-refractivity contribution is 5.94. The number of carbonyl (C=O) groups excluding carboxylic acids is 2. The van der Waals surface area contributed by atoms with Gasteiger partial charge < -0.3 is 9.80 Å². The molecule has 3 aromatic heterocycles. The van der Waals surface area contributed by atoms with Crippen molar-refractivity contribution in [2.24, 2.45) is 0 Å². The van der Waals surface area contributed by atoms with Crippen molar-refractivity contribution in [2.75, 3.05) is 39.3 Å². The summed E-state index contributed by atoms with van der Waals surface area (Å²) in [7, 11) is 0. The molecule has 0 saturated carbocycles. The molecule has 2 aliphatic rings. The summed E-state index contributed by atoms with van der Waals surface area (Å²) >= 11 is 0. The molecule has 1 aromatic carbocycles. The molecule has 5 heterocycles. The number of hydrogen-bond donors (Lipinski definition) is 0. The second-order valence-electron chi connectivity index (χ2n) is 11.5. The van der Waals surface area contributed by atoms with Crippen LogP contribution in [-0.2, 0) is 17.8 Å². The van der Waals surface area contributed by atoms with E-state index in [1.165, 1.54) is 10.5 Å². The van der Waals surface area contributed by atoms with Crippen molar-refractivity contribution in [1.29, 1.82) is 0 Å². The number of rotatable bonds is 8. The van der Waals surface area contributed by atoms with Crippen LogP contribution in [0.5, 0.6) is 0 Å². The van der Waals surface area contributed by atoms with Gasteiger partial charge in [-0.15, -0.1) is 0 Å². The van der Waals surface area contributed by atoms with E-state index in [9.17, 15) is 22.8 Å². The van der Waals surface area contributed by atoms with Crippen molar-refractivity contribution in [3.05, 3.63) is 101 Å². The maximum Gasteiger partial charge on any atom is 0.389 e. The highest BCUT2D eigenvalue weighted by atomic mass is 19.4. The fourth-order valence-corrected chi connectivity index (χ4v) is 5.81. The molecule has 0 spiro atoms. The molecule has 0 unspecified atom stereocenters. The van der Waals surface area contributed by atoms with E-state index in [-0.39, 0.29) is 12.5 Å². The molecule has 12 heteroatoms. The minimum absolute atomic E-state index is 0.0273. The lowest BCUT2D eigenvalue weighted by atomic mass is 10.00. The van der Waals surface area contributed by atoms with Crippen molar-refractivity contribution < 1.29 is 22.8 Å². The third kappa shape index (κ3) is 7.56. The molecule has 2 amide bonds. The first-order chi connectivity index (χ1) is 21.7. The van der Waals surface area contributed by atoms with Crippen LogP contribution in [-0.4, -0.2) is 91.5 Å². The Hall–Kier alpha value is -4.58. The number of piperazine rings is 1. The fourth-order valence-electron chi connectivity index (χ4n) is 5.81. The van der Waals surface area contributed by atoms with E-state index >= 15 is 0 Å². The molecular formula is C33H34F3N7O2. The third-order valence-corrected chi connectivity index (χ3v) is 8.29. The maximum atomic E-state index is 13.2. The van der Waals surface area contributed by atoms with Crippen LogP contribution in [0.15, 0.2) is 73.2 Å². The number of fused-ring (bicyclic) bond motifs is 1. The van der Waals surface area contributed by atoms with Crippen molar-refractivity contribution in [1.82, 2.24) is 34.3 Å². The summed E-state index contributed by atoms with van der Waals surface area (Å²) in [6.07, 6.45) is 2.38. The Kier molecular flexibility index (Phi) is 8.92. The number of hydrogen-bond acceptors (Lipinski definition) is 6. The zero-order valence-corrected chi connectivity index (χ0v) is 24.8. The second kappa shape index (κ2) is 13.2. The first kappa shape index (κ1) is 30.4. The van der Waals surface area contributed by atoms with Gasteiger partial charge in [-0.25, -0.2) is 9.50 Å². The van der Waals surface area contributed by atoms with E-state index < -0.39 is 24.9 Å². The number of nitrogens with zero attached hydrogens (tertiary/aromatic N) is 7. The summed E-state index contributed by atoms with van der Waals surface area (Å²) in [5, 5.41) is 4.65. The third-order valence-electron chi connectivity index (χ3n) is 8.29. The minimum atomic E-state index is -4.34. The van der Waals surface area contributed by atoms with Crippen LogP contribution in [0.2, 0.25) is 0 Å². The Bertz CT molecular complexity index is 1680. The van der Waals surface area contributed by atoms with Gasteiger partial charge in [0.15, 0.2) is 11.5 Å². The van der Waals surface area contributed by atoms with E-state index in [4.69, 9.17) is 4.98 Å². The molecular weight excluding hydrogens is 583 g/mol. The average Bonchev–Trinajstić information content (AvgIpc) is 3.47. The predicted molar refractivity (Wildman–Crippen MR) is 162 cm³/mol. The number of aromatic nitrogens is 4. The smallest absolute Gasteiger partial charge is 0.339 e. The van der Waals surface area contributed by atoms with Gasteiger partial charge in [-0.05, 0) is 53.5 Å². The first-order valence-electron chi connectivity index (χ1n) is 15.1. The molecule has 9 nitrogen and oxygen atoms in total. The van der Waals surface area contributed by atoms with Crippen molar-refractivity contribution >= 4 is 23.0 Å². The van der Waals surface area contributed by atoms with Gasteiger partial charge in [0, 0.05) is 88.4 Å². The van der Waals surface area contributed by atoms with E-state index in [1.807, 2.05) is 65.8 Å². The monoisotopic (exact) mass is 617 g/mol. The van der Waals surface area contributed by atoms with Crippen molar-refractivity contribution in [3.63, 3.8) is 0 Å². The van der Waals surface area contributed by atoms with Crippen LogP contribution in [0.1, 0.15) is 52.1 Å². The zero-order valence-electron chi connectivity index (χ0n) is 24.8. The maximum absolute atomic E-state index is 13.2. The summed E-state index contributed by atoms with van der Waals surface area (Å²) in [5.41, 5.74) is 5.36. The van der Waals surface area contributed by atoms with E-state index in [0.29, 0.717) is 49.5 Å². The van der Waals surface area contributed by atoms with E-state index in [1.54, 1.807) is 10.7 Å². The molecule has 45 heavy (non-hydrogen) atoms. The average molecular weight is 618 g/mol. The Morgan fingerprint density at radius 3 is 2.38 bits per heavy atom. The highest BCUT2D eigenvalue weighted by Crippen LogP contribution is 2.27. The molecule has 0 atom stereocenters. The summed E-state index contributed by atoms with van der Waals surface area (Å²) < 4.78 is 39.3. The fraction of sp³-hybridized carbons (Fsp3) is 0.364. The number of benzene rings is 1. The lowest BCUT2D eigenvalue weighted by molar-refractivity contribution is -0.148. The summed E-state index contributed by atoms with van der Waals surface area (Å²) in [4.78, 5) is 40.1. The van der Waals surface area contributed by atoms with Gasteiger partial charge in [0.25, 0.3) is 5.91 Å². The predicted octanol–water partition coefficient (Wildman–Crippen LogP) is 4.63. The molecule has 0 radical (unpaired) electrons. The van der Waals surface area contributed by atoms with Crippen LogP contribution < -0.4 is 0 Å². The largest absolute Gasteiger partial charge is 0.389 e. The summed E-state index contributed by atoms with van der Waals surface area (Å²) in [6.45, 7) is 4.44. The first-order valence-corrected chi connectivity index (χ1v) is 15.1. The molecule has 234 valence electrons. The number of carbonyl (C=O) groups is 2. The number of halogens is 3. The number of amides is 2. The Morgan fingerprint density at radius 2 is 1.69 bits per heavy atom. The van der Waals surface area contributed by atoms with Gasteiger partial charge >= 0.3 is 6.18 Å². The molecule has 2 aliphatic heterocycles. The zero-order chi connectivity index (χ0) is 31.4. The molecule has 1 fully saturated rings. The van der Waals surface area contributed by atoms with Gasteiger partial charge in [-0.3, -0.25) is 19.5 Å². The van der Waals surface area contributed by atoms with E-state index in [0.717, 1.165) is 36.3 Å². The Balaban J connectivity index is 1.05. The van der Waals surface area contributed by atoms with Crippen LogP contribution in [0.3, 0.4) is 0 Å². The molecule has 0 aliphatic carbocycles. The molecule has 4 aromatic rings. The van der Waals surface area contributed by atoms with E-state index in [2.05, 4.69) is 21.0 Å². The molecule has 0 bridgehead atoms. The van der Waals surface area contributed by atoms with Crippen LogP contribution >= 0.6 is 0 Å². The van der Waals surface area contributed by atoms with Gasteiger partial charge in [0.1, 0.15) is 0 Å². The summed E-state index contributed by atoms with van der Waals surface area (Å²) in [6, 6.07) is 15.4. The molecule has 6 rings (SSSR count).